The van der Waals surface area contributed by atoms with E-state index in [1.165, 1.54) is 0 Å². The molecule has 3 heteroatoms. The zero-order valence-corrected chi connectivity index (χ0v) is 7.82. The molecule has 70 valence electrons. The van der Waals surface area contributed by atoms with Crippen molar-refractivity contribution in [3.63, 3.8) is 0 Å². The minimum absolute atomic E-state index is 0.334. The molecule has 0 aromatic rings. The van der Waals surface area contributed by atoms with E-state index in [4.69, 9.17) is 9.47 Å². The first kappa shape index (κ1) is 8.48. The van der Waals surface area contributed by atoms with Gasteiger partial charge in [-0.05, 0) is 13.8 Å². The zero-order valence-electron chi connectivity index (χ0n) is 7.82. The van der Waals surface area contributed by atoms with Gasteiger partial charge in [0.2, 0.25) is 0 Å². The van der Waals surface area contributed by atoms with E-state index >= 15 is 0 Å². The predicted molar refractivity (Wildman–Crippen MR) is 46.2 cm³/mol. The highest BCUT2D eigenvalue weighted by Crippen LogP contribution is 2.22. The van der Waals surface area contributed by atoms with Crippen molar-refractivity contribution in [2.24, 2.45) is 0 Å². The molecule has 2 aliphatic heterocycles. The number of morpholine rings is 1. The Morgan fingerprint density at radius 2 is 2.17 bits per heavy atom. The first-order valence-electron chi connectivity index (χ1n) is 4.74. The lowest BCUT2D eigenvalue weighted by Gasteiger charge is -2.38. The van der Waals surface area contributed by atoms with Crippen molar-refractivity contribution in [1.82, 2.24) is 4.90 Å². The van der Waals surface area contributed by atoms with E-state index in [1.54, 1.807) is 0 Å². The Morgan fingerprint density at radius 3 is 2.92 bits per heavy atom. The molecule has 0 amide bonds. The molecule has 0 saturated carbocycles. The van der Waals surface area contributed by atoms with E-state index in [2.05, 4.69) is 18.7 Å². The summed E-state index contributed by atoms with van der Waals surface area (Å²) in [6.07, 6.45) is 0.334. The maximum atomic E-state index is 5.62. The summed E-state index contributed by atoms with van der Waals surface area (Å²) in [4.78, 5) is 2.49. The van der Waals surface area contributed by atoms with E-state index in [0.717, 1.165) is 26.4 Å². The Labute approximate surface area is 73.6 Å². The maximum absolute atomic E-state index is 5.62. The number of hydrogen-bond donors (Lipinski definition) is 0. The highest BCUT2D eigenvalue weighted by molar-refractivity contribution is 4.89. The first-order chi connectivity index (χ1) is 5.79. The van der Waals surface area contributed by atoms with Gasteiger partial charge in [0.25, 0.3) is 0 Å². The predicted octanol–water partition coefficient (Wildman–Crippen LogP) is 0.494. The molecule has 2 saturated heterocycles. The summed E-state index contributed by atoms with van der Waals surface area (Å²) in [6.45, 7) is 8.03. The summed E-state index contributed by atoms with van der Waals surface area (Å²) in [5.41, 5.74) is 0. The molecule has 2 rings (SSSR count). The monoisotopic (exact) mass is 171 g/mol. The molecule has 0 bridgehead atoms. The quantitative estimate of drug-likeness (QED) is 0.573. The zero-order chi connectivity index (χ0) is 8.55. The molecule has 2 fully saturated rings. The average Bonchev–Trinajstić information content (AvgIpc) is 2.49. The van der Waals surface area contributed by atoms with Gasteiger partial charge in [-0.2, -0.15) is 0 Å². The summed E-state index contributed by atoms with van der Waals surface area (Å²) in [6, 6.07) is 1.13. The SMILES string of the molecule is CC(C)N1CCOC2COC[C@H]21. The Bertz CT molecular complexity index is 161. The van der Waals surface area contributed by atoms with Crippen LogP contribution in [-0.2, 0) is 9.47 Å². The molecule has 3 nitrogen and oxygen atoms in total. The van der Waals surface area contributed by atoms with Crippen LogP contribution in [0.5, 0.6) is 0 Å². The lowest BCUT2D eigenvalue weighted by molar-refractivity contribution is -0.0588. The minimum atomic E-state index is 0.334. The Kier molecular flexibility index (Phi) is 2.35. The fourth-order valence-electron chi connectivity index (χ4n) is 2.11. The standard InChI is InChI=1S/C9H17NO2/c1-7(2)10-3-4-12-9-6-11-5-8(9)10/h7-9H,3-6H2,1-2H3/t8-,9?/m1/s1. The Hall–Kier alpha value is -0.120. The molecule has 2 heterocycles. The molecule has 0 spiro atoms. The number of nitrogens with zero attached hydrogens (tertiary/aromatic N) is 1. The fourth-order valence-corrected chi connectivity index (χ4v) is 2.11. The van der Waals surface area contributed by atoms with Crippen LogP contribution in [0.3, 0.4) is 0 Å². The molecule has 2 aliphatic rings. The Morgan fingerprint density at radius 1 is 1.33 bits per heavy atom. The minimum Gasteiger partial charge on any atom is -0.377 e. The van der Waals surface area contributed by atoms with Crippen LogP contribution < -0.4 is 0 Å². The van der Waals surface area contributed by atoms with Crippen molar-refractivity contribution in [2.45, 2.75) is 32.0 Å². The van der Waals surface area contributed by atoms with E-state index in [1.807, 2.05) is 0 Å². The van der Waals surface area contributed by atoms with Gasteiger partial charge in [0.05, 0.1) is 32.0 Å². The fraction of sp³-hybridized carbons (Fsp3) is 1.00. The molecule has 0 N–H and O–H groups in total. The van der Waals surface area contributed by atoms with Crippen molar-refractivity contribution < 1.29 is 9.47 Å². The average molecular weight is 171 g/mol. The van der Waals surface area contributed by atoms with Gasteiger partial charge in [0.15, 0.2) is 0 Å². The lowest BCUT2D eigenvalue weighted by Crippen LogP contribution is -2.53. The van der Waals surface area contributed by atoms with Crippen LogP contribution in [0.15, 0.2) is 0 Å². The third kappa shape index (κ3) is 1.37. The van der Waals surface area contributed by atoms with Crippen LogP contribution >= 0.6 is 0 Å². The van der Waals surface area contributed by atoms with Crippen molar-refractivity contribution in [2.75, 3.05) is 26.4 Å². The second-order valence-electron chi connectivity index (χ2n) is 3.85. The van der Waals surface area contributed by atoms with Gasteiger partial charge in [0, 0.05) is 12.6 Å². The summed E-state index contributed by atoms with van der Waals surface area (Å²) in [7, 11) is 0. The van der Waals surface area contributed by atoms with E-state index < -0.39 is 0 Å². The number of ether oxygens (including phenoxy) is 2. The second kappa shape index (κ2) is 3.32. The summed E-state index contributed by atoms with van der Waals surface area (Å²) in [5, 5.41) is 0. The Balaban J connectivity index is 2.03. The van der Waals surface area contributed by atoms with Crippen molar-refractivity contribution in [3.05, 3.63) is 0 Å². The maximum Gasteiger partial charge on any atom is 0.0986 e. The molecule has 0 aromatic carbocycles. The van der Waals surface area contributed by atoms with Crippen molar-refractivity contribution in [1.29, 1.82) is 0 Å². The van der Waals surface area contributed by atoms with Gasteiger partial charge in [-0.3, -0.25) is 4.90 Å². The van der Waals surface area contributed by atoms with Gasteiger partial charge < -0.3 is 9.47 Å². The topological polar surface area (TPSA) is 21.7 Å². The van der Waals surface area contributed by atoms with Gasteiger partial charge >= 0.3 is 0 Å². The van der Waals surface area contributed by atoms with Crippen molar-refractivity contribution in [3.8, 4) is 0 Å². The first-order valence-corrected chi connectivity index (χ1v) is 4.74. The van der Waals surface area contributed by atoms with Gasteiger partial charge in [0.1, 0.15) is 0 Å². The van der Waals surface area contributed by atoms with Crippen LogP contribution in [0.2, 0.25) is 0 Å². The third-order valence-corrected chi connectivity index (χ3v) is 2.77. The molecule has 0 aliphatic carbocycles. The molecule has 2 atom stereocenters. The summed E-state index contributed by atoms with van der Waals surface area (Å²) in [5.74, 6) is 0. The largest absolute Gasteiger partial charge is 0.377 e. The van der Waals surface area contributed by atoms with Gasteiger partial charge in [-0.1, -0.05) is 0 Å². The lowest BCUT2D eigenvalue weighted by atomic mass is 10.1. The van der Waals surface area contributed by atoms with Crippen LogP contribution in [0.1, 0.15) is 13.8 Å². The summed E-state index contributed by atoms with van der Waals surface area (Å²) >= 11 is 0. The van der Waals surface area contributed by atoms with Crippen molar-refractivity contribution >= 4 is 0 Å². The molecule has 0 radical (unpaired) electrons. The molecular formula is C9H17NO2. The van der Waals surface area contributed by atoms with E-state index in [9.17, 15) is 0 Å². The highest BCUT2D eigenvalue weighted by atomic mass is 16.6. The second-order valence-corrected chi connectivity index (χ2v) is 3.85. The number of rotatable bonds is 1. The molecular weight excluding hydrogens is 154 g/mol. The molecule has 0 aromatic heterocycles. The van der Waals surface area contributed by atoms with Crippen LogP contribution in [0, 0.1) is 0 Å². The third-order valence-electron chi connectivity index (χ3n) is 2.77. The van der Waals surface area contributed by atoms with Gasteiger partial charge in [-0.15, -0.1) is 0 Å². The molecule has 12 heavy (non-hydrogen) atoms. The molecule has 1 unspecified atom stereocenters. The van der Waals surface area contributed by atoms with Gasteiger partial charge in [-0.25, -0.2) is 0 Å². The number of hydrogen-bond acceptors (Lipinski definition) is 3. The number of fused-ring (bicyclic) bond motifs is 1. The van der Waals surface area contributed by atoms with Crippen LogP contribution in [0.4, 0.5) is 0 Å². The highest BCUT2D eigenvalue weighted by Gasteiger charge is 2.37. The smallest absolute Gasteiger partial charge is 0.0986 e. The van der Waals surface area contributed by atoms with Crippen LogP contribution in [-0.4, -0.2) is 49.5 Å². The normalized spacial score (nSPS) is 37.2. The van der Waals surface area contributed by atoms with E-state index in [0.29, 0.717) is 18.2 Å². The van der Waals surface area contributed by atoms with E-state index in [-0.39, 0.29) is 0 Å². The summed E-state index contributed by atoms with van der Waals surface area (Å²) < 4.78 is 11.0. The van der Waals surface area contributed by atoms with Crippen LogP contribution in [0.25, 0.3) is 0 Å².